The number of carbonyl (C=O) groups is 1. The molecule has 0 radical (unpaired) electrons. The number of carbonyl (C=O) groups excluding carboxylic acids is 1. The molecule has 0 aliphatic heterocycles. The van der Waals surface area contributed by atoms with Crippen molar-refractivity contribution in [3.05, 3.63) is 27.1 Å². The second-order valence-electron chi connectivity index (χ2n) is 4.31. The molecule has 1 fully saturated rings. The summed E-state index contributed by atoms with van der Waals surface area (Å²) in [5.41, 5.74) is 6.70. The van der Waals surface area contributed by atoms with E-state index >= 15 is 0 Å². The molecule has 1 saturated carbocycles. The highest BCUT2D eigenvalue weighted by atomic mass is 79.9. The van der Waals surface area contributed by atoms with Crippen molar-refractivity contribution in [2.45, 2.75) is 25.3 Å². The molecule has 3 nitrogen and oxygen atoms in total. The molecule has 1 amide bonds. The van der Waals surface area contributed by atoms with E-state index in [0.717, 1.165) is 33.9 Å². The van der Waals surface area contributed by atoms with Gasteiger partial charge in [-0.05, 0) is 47.0 Å². The van der Waals surface area contributed by atoms with E-state index in [0.29, 0.717) is 0 Å². The normalized spacial score (nSPS) is 23.7. The SMILES string of the molecule is NC1CCCC1C(=O)Nc1ccc(Br)cc1Br. The predicted octanol–water partition coefficient (Wildman–Crippen LogP) is 3.28. The van der Waals surface area contributed by atoms with E-state index in [4.69, 9.17) is 5.73 Å². The average molecular weight is 362 g/mol. The lowest BCUT2D eigenvalue weighted by Gasteiger charge is -2.16. The van der Waals surface area contributed by atoms with Gasteiger partial charge >= 0.3 is 0 Å². The number of hydrogen-bond donors (Lipinski definition) is 2. The van der Waals surface area contributed by atoms with Crippen LogP contribution in [0, 0.1) is 5.92 Å². The van der Waals surface area contributed by atoms with E-state index in [1.54, 1.807) is 0 Å². The van der Waals surface area contributed by atoms with E-state index in [9.17, 15) is 4.79 Å². The minimum Gasteiger partial charge on any atom is -0.327 e. The zero-order valence-electron chi connectivity index (χ0n) is 9.25. The van der Waals surface area contributed by atoms with Crippen LogP contribution in [0.15, 0.2) is 27.1 Å². The second-order valence-corrected chi connectivity index (χ2v) is 6.08. The number of nitrogens with two attached hydrogens (primary N) is 1. The summed E-state index contributed by atoms with van der Waals surface area (Å²) >= 11 is 6.80. The number of nitrogens with one attached hydrogen (secondary N) is 1. The molecule has 0 spiro atoms. The quantitative estimate of drug-likeness (QED) is 0.849. The van der Waals surface area contributed by atoms with Crippen LogP contribution in [0.2, 0.25) is 0 Å². The van der Waals surface area contributed by atoms with Crippen LogP contribution in [0.5, 0.6) is 0 Å². The third-order valence-electron chi connectivity index (χ3n) is 3.10. The van der Waals surface area contributed by atoms with Gasteiger partial charge in [0, 0.05) is 15.0 Å². The smallest absolute Gasteiger partial charge is 0.229 e. The Bertz CT molecular complexity index is 437. The van der Waals surface area contributed by atoms with Gasteiger partial charge in [0.25, 0.3) is 0 Å². The van der Waals surface area contributed by atoms with Gasteiger partial charge in [-0.2, -0.15) is 0 Å². The molecule has 17 heavy (non-hydrogen) atoms. The van der Waals surface area contributed by atoms with E-state index in [1.165, 1.54) is 0 Å². The number of benzene rings is 1. The highest BCUT2D eigenvalue weighted by Crippen LogP contribution is 2.29. The summed E-state index contributed by atoms with van der Waals surface area (Å²) in [4.78, 5) is 12.0. The van der Waals surface area contributed by atoms with Crippen LogP contribution in [0.3, 0.4) is 0 Å². The fourth-order valence-electron chi connectivity index (χ4n) is 2.13. The molecule has 5 heteroatoms. The minimum atomic E-state index is -0.0504. The third kappa shape index (κ3) is 3.09. The Balaban J connectivity index is 2.07. The molecule has 0 aromatic heterocycles. The fraction of sp³-hybridized carbons (Fsp3) is 0.417. The van der Waals surface area contributed by atoms with Crippen molar-refractivity contribution >= 4 is 43.5 Å². The molecule has 0 bridgehead atoms. The highest BCUT2D eigenvalue weighted by Gasteiger charge is 2.30. The molecule has 1 aliphatic carbocycles. The molecule has 0 heterocycles. The Morgan fingerprint density at radius 1 is 1.35 bits per heavy atom. The van der Waals surface area contributed by atoms with Gasteiger partial charge in [0.05, 0.1) is 11.6 Å². The first-order valence-corrected chi connectivity index (χ1v) is 7.18. The maximum atomic E-state index is 12.0. The first-order valence-electron chi connectivity index (χ1n) is 5.59. The minimum absolute atomic E-state index is 0.00391. The number of hydrogen-bond acceptors (Lipinski definition) is 2. The fourth-order valence-corrected chi connectivity index (χ4v) is 3.28. The Hall–Kier alpha value is -0.390. The average Bonchev–Trinajstić information content (AvgIpc) is 2.68. The predicted molar refractivity (Wildman–Crippen MR) is 75.8 cm³/mol. The topological polar surface area (TPSA) is 55.1 Å². The molecule has 1 aromatic rings. The molecular formula is C12H14Br2N2O. The van der Waals surface area contributed by atoms with Gasteiger partial charge in [-0.25, -0.2) is 0 Å². The van der Waals surface area contributed by atoms with Crippen LogP contribution in [0.25, 0.3) is 0 Å². The lowest BCUT2D eigenvalue weighted by Crippen LogP contribution is -2.34. The Morgan fingerprint density at radius 2 is 2.12 bits per heavy atom. The van der Waals surface area contributed by atoms with Crippen LogP contribution in [0.1, 0.15) is 19.3 Å². The van der Waals surface area contributed by atoms with Gasteiger partial charge in [-0.15, -0.1) is 0 Å². The van der Waals surface area contributed by atoms with Gasteiger partial charge in [0.1, 0.15) is 0 Å². The molecule has 1 aliphatic rings. The first-order chi connectivity index (χ1) is 8.08. The van der Waals surface area contributed by atoms with Gasteiger partial charge in [0.15, 0.2) is 0 Å². The van der Waals surface area contributed by atoms with Crippen molar-refractivity contribution in [3.63, 3.8) is 0 Å². The Morgan fingerprint density at radius 3 is 2.71 bits per heavy atom. The number of rotatable bonds is 2. The first kappa shape index (κ1) is 13.1. The molecule has 92 valence electrons. The largest absolute Gasteiger partial charge is 0.327 e. The Labute approximate surface area is 117 Å². The summed E-state index contributed by atoms with van der Waals surface area (Å²) in [6.45, 7) is 0. The lowest BCUT2D eigenvalue weighted by molar-refractivity contribution is -0.120. The summed E-state index contributed by atoms with van der Waals surface area (Å²) in [6, 6.07) is 5.68. The lowest BCUT2D eigenvalue weighted by atomic mass is 10.0. The second kappa shape index (κ2) is 5.50. The zero-order chi connectivity index (χ0) is 12.4. The van der Waals surface area contributed by atoms with Crippen molar-refractivity contribution in [1.82, 2.24) is 0 Å². The summed E-state index contributed by atoms with van der Waals surface area (Å²) < 4.78 is 1.84. The van der Waals surface area contributed by atoms with Crippen LogP contribution >= 0.6 is 31.9 Å². The molecule has 2 atom stereocenters. The molecule has 2 unspecified atom stereocenters. The van der Waals surface area contributed by atoms with Crippen LogP contribution in [-0.2, 0) is 4.79 Å². The molecule has 1 aromatic carbocycles. The molecule has 0 saturated heterocycles. The Kier molecular flexibility index (Phi) is 4.22. The van der Waals surface area contributed by atoms with Gasteiger partial charge < -0.3 is 11.1 Å². The van der Waals surface area contributed by atoms with E-state index in [1.807, 2.05) is 18.2 Å². The number of amides is 1. The summed E-state index contributed by atoms with van der Waals surface area (Å²) in [5.74, 6) is -0.0245. The van der Waals surface area contributed by atoms with Gasteiger partial charge in [-0.3, -0.25) is 4.79 Å². The standard InChI is InChI=1S/C12H14Br2N2O/c13-7-4-5-11(9(14)6-7)16-12(17)8-2-1-3-10(8)15/h4-6,8,10H,1-3,15H2,(H,16,17). The summed E-state index contributed by atoms with van der Waals surface area (Å²) in [5, 5.41) is 2.92. The van der Waals surface area contributed by atoms with E-state index in [2.05, 4.69) is 37.2 Å². The molecular weight excluding hydrogens is 348 g/mol. The van der Waals surface area contributed by atoms with Crippen molar-refractivity contribution in [1.29, 1.82) is 0 Å². The highest BCUT2D eigenvalue weighted by molar-refractivity contribution is 9.11. The summed E-state index contributed by atoms with van der Waals surface area (Å²) in [7, 11) is 0. The van der Waals surface area contributed by atoms with Gasteiger partial charge in [0.2, 0.25) is 5.91 Å². The monoisotopic (exact) mass is 360 g/mol. The maximum absolute atomic E-state index is 12.0. The third-order valence-corrected chi connectivity index (χ3v) is 4.24. The number of anilines is 1. The molecule has 3 N–H and O–H groups in total. The van der Waals surface area contributed by atoms with Crippen LogP contribution < -0.4 is 11.1 Å². The van der Waals surface area contributed by atoms with Crippen molar-refractivity contribution in [2.24, 2.45) is 11.7 Å². The van der Waals surface area contributed by atoms with E-state index in [-0.39, 0.29) is 17.9 Å². The zero-order valence-corrected chi connectivity index (χ0v) is 12.4. The number of halogens is 2. The molecule has 2 rings (SSSR count). The van der Waals surface area contributed by atoms with Gasteiger partial charge in [-0.1, -0.05) is 22.4 Å². The van der Waals surface area contributed by atoms with E-state index < -0.39 is 0 Å². The van der Waals surface area contributed by atoms with Crippen molar-refractivity contribution in [3.8, 4) is 0 Å². The van der Waals surface area contributed by atoms with Crippen LogP contribution in [-0.4, -0.2) is 11.9 Å². The summed E-state index contributed by atoms with van der Waals surface area (Å²) in [6.07, 6.45) is 2.88. The maximum Gasteiger partial charge on any atom is 0.229 e. The van der Waals surface area contributed by atoms with Crippen LogP contribution in [0.4, 0.5) is 5.69 Å². The van der Waals surface area contributed by atoms with Crippen molar-refractivity contribution in [2.75, 3.05) is 5.32 Å². The van der Waals surface area contributed by atoms with Crippen molar-refractivity contribution < 1.29 is 4.79 Å².